The van der Waals surface area contributed by atoms with Crippen LogP contribution >= 0.6 is 0 Å². The van der Waals surface area contributed by atoms with Crippen LogP contribution in [0.2, 0.25) is 0 Å². The lowest BCUT2D eigenvalue weighted by atomic mass is 10.1. The first kappa shape index (κ1) is 20.4. The standard InChI is InChI=1S/C8H10O.C8H10.C8H8.2H2/c1-7(9)8-5-3-2-4-6-8;2*1-2-8-6-4-3-5-7-8;;/h2-7,9H,1H3;3-7H,2H2,1H3;2-7H,1H2;2*1H. The van der Waals surface area contributed by atoms with E-state index in [1.807, 2.05) is 72.8 Å². The minimum Gasteiger partial charge on any atom is -0.389 e. The van der Waals surface area contributed by atoms with Crippen LogP contribution in [0.4, 0.5) is 0 Å². The van der Waals surface area contributed by atoms with Crippen LogP contribution in [0.3, 0.4) is 0 Å². The van der Waals surface area contributed by atoms with E-state index in [4.69, 9.17) is 5.11 Å². The van der Waals surface area contributed by atoms with Gasteiger partial charge in [-0.25, -0.2) is 0 Å². The Bertz CT molecular complexity index is 683. The van der Waals surface area contributed by atoms with E-state index >= 15 is 0 Å². The van der Waals surface area contributed by atoms with Gasteiger partial charge in [0.25, 0.3) is 0 Å². The number of rotatable bonds is 3. The molecule has 1 heteroatoms. The average Bonchev–Trinajstić information content (AvgIpc) is 2.71. The first-order chi connectivity index (χ1) is 12.2. The maximum atomic E-state index is 9.02. The van der Waals surface area contributed by atoms with Crippen molar-refractivity contribution >= 4 is 6.08 Å². The molecule has 0 saturated heterocycles. The Morgan fingerprint density at radius 2 is 1.28 bits per heavy atom. The largest absolute Gasteiger partial charge is 0.389 e. The highest BCUT2D eigenvalue weighted by atomic mass is 16.3. The van der Waals surface area contributed by atoms with Crippen LogP contribution in [0, 0.1) is 0 Å². The normalized spacial score (nSPS) is 10.4. The zero-order chi connectivity index (χ0) is 18.3. The molecule has 1 unspecified atom stereocenters. The summed E-state index contributed by atoms with van der Waals surface area (Å²) in [5, 5.41) is 9.02. The molecule has 3 aromatic carbocycles. The average molecular weight is 337 g/mol. The number of aryl methyl sites for hydroxylation is 1. The van der Waals surface area contributed by atoms with Crippen LogP contribution in [0.1, 0.15) is 39.5 Å². The van der Waals surface area contributed by atoms with Gasteiger partial charge in [0.15, 0.2) is 0 Å². The monoisotopic (exact) mass is 336 g/mol. The van der Waals surface area contributed by atoms with Crippen LogP contribution in [-0.4, -0.2) is 5.11 Å². The number of aliphatic hydroxyl groups excluding tert-OH is 1. The highest BCUT2D eigenvalue weighted by Crippen LogP contribution is 2.09. The number of hydrogen-bond donors (Lipinski definition) is 1. The highest BCUT2D eigenvalue weighted by molar-refractivity contribution is 5.45. The Kier molecular flexibility index (Phi) is 10.4. The molecule has 134 valence electrons. The summed E-state index contributed by atoms with van der Waals surface area (Å²) >= 11 is 0. The molecule has 25 heavy (non-hydrogen) atoms. The van der Waals surface area contributed by atoms with Gasteiger partial charge in [-0.15, -0.1) is 0 Å². The Balaban J connectivity index is 0. The molecule has 0 amide bonds. The van der Waals surface area contributed by atoms with Crippen LogP contribution in [-0.2, 0) is 6.42 Å². The third kappa shape index (κ3) is 9.29. The Hall–Kier alpha value is -2.64. The summed E-state index contributed by atoms with van der Waals surface area (Å²) in [7, 11) is 0. The van der Waals surface area contributed by atoms with Crippen molar-refractivity contribution in [3.8, 4) is 0 Å². The molecule has 0 fully saturated rings. The molecule has 0 aliphatic heterocycles. The second-order valence-corrected chi connectivity index (χ2v) is 5.54. The summed E-state index contributed by atoms with van der Waals surface area (Å²) in [6, 6.07) is 30.1. The quantitative estimate of drug-likeness (QED) is 0.557. The van der Waals surface area contributed by atoms with Gasteiger partial charge in [-0.2, -0.15) is 0 Å². The predicted molar refractivity (Wildman–Crippen MR) is 114 cm³/mol. The molecule has 0 heterocycles. The van der Waals surface area contributed by atoms with Crippen LogP contribution in [0.5, 0.6) is 0 Å². The van der Waals surface area contributed by atoms with E-state index in [1.165, 1.54) is 11.1 Å². The molecule has 0 spiro atoms. The van der Waals surface area contributed by atoms with E-state index in [2.05, 4.69) is 37.8 Å². The predicted octanol–water partition coefficient (Wildman–Crippen LogP) is 6.81. The SMILES string of the molecule is C=Cc1ccccc1.CC(O)c1ccccc1.CCc1ccccc1.[HH].[HH]. The molecule has 0 aliphatic carbocycles. The maximum absolute atomic E-state index is 9.02. The molecular formula is C24H32O. The van der Waals surface area contributed by atoms with Crippen LogP contribution < -0.4 is 0 Å². The molecule has 0 aromatic heterocycles. The molecule has 3 rings (SSSR count). The zero-order valence-corrected chi connectivity index (χ0v) is 15.2. The lowest BCUT2D eigenvalue weighted by molar-refractivity contribution is 0.199. The van der Waals surface area contributed by atoms with E-state index in [-0.39, 0.29) is 8.96 Å². The topological polar surface area (TPSA) is 20.2 Å². The molecule has 1 atom stereocenters. The van der Waals surface area contributed by atoms with Crippen LogP contribution in [0.25, 0.3) is 6.08 Å². The summed E-state index contributed by atoms with van der Waals surface area (Å²) in [4.78, 5) is 0. The zero-order valence-electron chi connectivity index (χ0n) is 15.2. The van der Waals surface area contributed by atoms with E-state index in [9.17, 15) is 0 Å². The van der Waals surface area contributed by atoms with Gasteiger partial charge >= 0.3 is 0 Å². The first-order valence-corrected chi connectivity index (χ1v) is 8.61. The molecule has 3 aromatic rings. The fraction of sp³-hybridized carbons (Fsp3) is 0.167. The van der Waals surface area contributed by atoms with Gasteiger partial charge in [-0.1, -0.05) is 111 Å². The van der Waals surface area contributed by atoms with E-state index < -0.39 is 0 Å². The molecule has 0 bridgehead atoms. The fourth-order valence-corrected chi connectivity index (χ4v) is 2.03. The smallest absolute Gasteiger partial charge is 0.0761 e. The molecule has 0 saturated carbocycles. The van der Waals surface area contributed by atoms with Crippen molar-refractivity contribution in [2.75, 3.05) is 0 Å². The van der Waals surface area contributed by atoms with Crippen molar-refractivity contribution in [1.29, 1.82) is 0 Å². The van der Waals surface area contributed by atoms with Gasteiger partial charge in [0.05, 0.1) is 6.10 Å². The van der Waals surface area contributed by atoms with Gasteiger partial charge in [0.2, 0.25) is 0 Å². The number of aliphatic hydroxyl groups is 1. The van der Waals surface area contributed by atoms with Gasteiger partial charge in [0.1, 0.15) is 0 Å². The highest BCUT2D eigenvalue weighted by Gasteiger charge is 1.95. The maximum Gasteiger partial charge on any atom is 0.0761 e. The summed E-state index contributed by atoms with van der Waals surface area (Å²) in [5.74, 6) is 0. The number of hydrogen-bond acceptors (Lipinski definition) is 1. The van der Waals surface area contributed by atoms with Gasteiger partial charge in [-0.3, -0.25) is 0 Å². The molecule has 0 aliphatic rings. The minimum absolute atomic E-state index is 0. The van der Waals surface area contributed by atoms with E-state index in [0.29, 0.717) is 0 Å². The van der Waals surface area contributed by atoms with Gasteiger partial charge < -0.3 is 5.11 Å². The van der Waals surface area contributed by atoms with Crippen molar-refractivity contribution in [1.82, 2.24) is 0 Å². The van der Waals surface area contributed by atoms with Gasteiger partial charge in [0, 0.05) is 2.85 Å². The summed E-state index contributed by atoms with van der Waals surface area (Å²) in [6.45, 7) is 7.55. The van der Waals surface area contributed by atoms with Crippen molar-refractivity contribution in [3.05, 3.63) is 114 Å². The summed E-state index contributed by atoms with van der Waals surface area (Å²) in [6.07, 6.45) is 2.63. The molecule has 0 radical (unpaired) electrons. The van der Waals surface area contributed by atoms with E-state index in [0.717, 1.165) is 12.0 Å². The number of benzene rings is 3. The molecule has 1 nitrogen and oxygen atoms in total. The van der Waals surface area contributed by atoms with Crippen LogP contribution in [0.15, 0.2) is 97.6 Å². The van der Waals surface area contributed by atoms with E-state index in [1.54, 1.807) is 6.92 Å². The molecular weight excluding hydrogens is 304 g/mol. The Labute approximate surface area is 155 Å². The Morgan fingerprint density at radius 1 is 0.840 bits per heavy atom. The summed E-state index contributed by atoms with van der Waals surface area (Å²) in [5.41, 5.74) is 3.55. The first-order valence-electron chi connectivity index (χ1n) is 8.61. The van der Waals surface area contributed by atoms with Crippen molar-refractivity contribution in [3.63, 3.8) is 0 Å². The fourth-order valence-electron chi connectivity index (χ4n) is 2.03. The van der Waals surface area contributed by atoms with Gasteiger partial charge in [-0.05, 0) is 30.0 Å². The lowest BCUT2D eigenvalue weighted by Crippen LogP contribution is -1.87. The lowest BCUT2D eigenvalue weighted by Gasteiger charge is -2.00. The van der Waals surface area contributed by atoms with Crippen molar-refractivity contribution < 1.29 is 7.96 Å². The second kappa shape index (κ2) is 12.7. The van der Waals surface area contributed by atoms with Crippen molar-refractivity contribution in [2.24, 2.45) is 0 Å². The molecule has 1 N–H and O–H groups in total. The minimum atomic E-state index is -0.341. The second-order valence-electron chi connectivity index (χ2n) is 5.54. The third-order valence-electron chi connectivity index (χ3n) is 3.57. The Morgan fingerprint density at radius 3 is 1.56 bits per heavy atom. The third-order valence-corrected chi connectivity index (χ3v) is 3.57. The van der Waals surface area contributed by atoms with Crippen molar-refractivity contribution in [2.45, 2.75) is 26.4 Å². The summed E-state index contributed by atoms with van der Waals surface area (Å²) < 4.78 is 0.